The van der Waals surface area contributed by atoms with Crippen molar-refractivity contribution in [3.63, 3.8) is 0 Å². The van der Waals surface area contributed by atoms with Gasteiger partial charge >= 0.3 is 0 Å². The first-order valence-electron chi connectivity index (χ1n) is 5.69. The van der Waals surface area contributed by atoms with E-state index in [1.165, 1.54) is 18.2 Å². The van der Waals surface area contributed by atoms with E-state index in [1.807, 2.05) is 0 Å². The van der Waals surface area contributed by atoms with Crippen molar-refractivity contribution in [2.45, 2.75) is 13.8 Å². The minimum absolute atomic E-state index is 0.127. The van der Waals surface area contributed by atoms with Crippen LogP contribution in [-0.2, 0) is 0 Å². The molecule has 0 aliphatic carbocycles. The van der Waals surface area contributed by atoms with Gasteiger partial charge in [0.15, 0.2) is 0 Å². The number of nitrogens with zero attached hydrogens (tertiary/aromatic N) is 1. The molecule has 0 radical (unpaired) electrons. The predicted molar refractivity (Wildman–Crippen MR) is 68.7 cm³/mol. The van der Waals surface area contributed by atoms with E-state index in [9.17, 15) is 9.18 Å². The first kappa shape index (κ1) is 13.0. The number of amides is 1. The number of carbonyl (C=O) groups is 1. The highest BCUT2D eigenvalue weighted by atomic mass is 19.1. The number of ether oxygens (including phenoxy) is 1. The number of primary amides is 1. The van der Waals surface area contributed by atoms with Crippen LogP contribution in [0.1, 0.15) is 21.6 Å². The van der Waals surface area contributed by atoms with Crippen molar-refractivity contribution >= 4 is 5.91 Å². The Bertz CT molecular complexity index is 641. The Labute approximate surface area is 110 Å². The van der Waals surface area contributed by atoms with Gasteiger partial charge in [-0.2, -0.15) is 0 Å². The number of hydrogen-bond acceptors (Lipinski definition) is 3. The molecular formula is C14H13FN2O2. The lowest BCUT2D eigenvalue weighted by Gasteiger charge is -2.10. The number of aryl methyl sites for hydroxylation is 2. The second-order valence-corrected chi connectivity index (χ2v) is 4.18. The lowest BCUT2D eigenvalue weighted by Crippen LogP contribution is -2.13. The van der Waals surface area contributed by atoms with Gasteiger partial charge in [-0.1, -0.05) is 0 Å². The molecule has 4 nitrogen and oxygen atoms in total. The smallest absolute Gasteiger partial charge is 0.254 e. The van der Waals surface area contributed by atoms with Gasteiger partial charge in [0, 0.05) is 5.69 Å². The second-order valence-electron chi connectivity index (χ2n) is 4.18. The van der Waals surface area contributed by atoms with E-state index in [0.29, 0.717) is 17.0 Å². The quantitative estimate of drug-likeness (QED) is 0.922. The Kier molecular flexibility index (Phi) is 3.46. The van der Waals surface area contributed by atoms with Gasteiger partial charge in [0.2, 0.25) is 5.88 Å². The van der Waals surface area contributed by atoms with Gasteiger partial charge in [-0.25, -0.2) is 9.37 Å². The highest BCUT2D eigenvalue weighted by Gasteiger charge is 2.13. The standard InChI is InChI=1S/C14H13FN2O2/c1-8-7-10(15)4-6-12(8)19-14-11(13(16)18)5-3-9(2)17-14/h3-7H,1-2H3,(H2,16,18). The van der Waals surface area contributed by atoms with E-state index in [0.717, 1.165) is 0 Å². The third kappa shape index (κ3) is 2.88. The van der Waals surface area contributed by atoms with Crippen LogP contribution >= 0.6 is 0 Å². The maximum absolute atomic E-state index is 13.0. The largest absolute Gasteiger partial charge is 0.438 e. The first-order chi connectivity index (χ1) is 8.97. The van der Waals surface area contributed by atoms with E-state index < -0.39 is 5.91 Å². The number of rotatable bonds is 3. The number of aromatic nitrogens is 1. The van der Waals surface area contributed by atoms with Crippen LogP contribution in [-0.4, -0.2) is 10.9 Å². The summed E-state index contributed by atoms with van der Waals surface area (Å²) in [5.41, 5.74) is 6.75. The summed E-state index contributed by atoms with van der Waals surface area (Å²) in [6.07, 6.45) is 0. The molecule has 0 saturated heterocycles. The van der Waals surface area contributed by atoms with Crippen LogP contribution in [0, 0.1) is 19.7 Å². The van der Waals surface area contributed by atoms with Crippen LogP contribution in [0.25, 0.3) is 0 Å². The zero-order valence-corrected chi connectivity index (χ0v) is 10.6. The zero-order valence-electron chi connectivity index (χ0n) is 10.6. The summed E-state index contributed by atoms with van der Waals surface area (Å²) in [6, 6.07) is 7.33. The van der Waals surface area contributed by atoms with Crippen LogP contribution in [0.5, 0.6) is 11.6 Å². The molecule has 0 fully saturated rings. The number of carbonyl (C=O) groups excluding carboxylic acids is 1. The Hall–Kier alpha value is -2.43. The van der Waals surface area contributed by atoms with E-state index in [-0.39, 0.29) is 17.3 Å². The molecule has 1 aromatic carbocycles. The van der Waals surface area contributed by atoms with Crippen molar-refractivity contribution in [2.75, 3.05) is 0 Å². The maximum Gasteiger partial charge on any atom is 0.254 e. The molecule has 5 heteroatoms. The second kappa shape index (κ2) is 5.06. The molecule has 0 unspecified atom stereocenters. The summed E-state index contributed by atoms with van der Waals surface area (Å²) in [4.78, 5) is 15.4. The number of pyridine rings is 1. The average molecular weight is 260 g/mol. The van der Waals surface area contributed by atoms with Crippen molar-refractivity contribution in [1.82, 2.24) is 4.98 Å². The number of nitrogens with two attached hydrogens (primary N) is 1. The molecule has 0 atom stereocenters. The van der Waals surface area contributed by atoms with Crippen molar-refractivity contribution < 1.29 is 13.9 Å². The number of halogens is 1. The van der Waals surface area contributed by atoms with Crippen molar-refractivity contribution in [2.24, 2.45) is 5.73 Å². The fraction of sp³-hybridized carbons (Fsp3) is 0.143. The molecule has 0 saturated carbocycles. The molecule has 1 amide bonds. The van der Waals surface area contributed by atoms with Gasteiger partial charge in [-0.05, 0) is 49.7 Å². The normalized spacial score (nSPS) is 10.3. The molecule has 2 rings (SSSR count). The summed E-state index contributed by atoms with van der Waals surface area (Å²) >= 11 is 0. The molecule has 0 bridgehead atoms. The lowest BCUT2D eigenvalue weighted by molar-refractivity contribution is 0.0997. The predicted octanol–water partition coefficient (Wildman–Crippen LogP) is 2.73. The summed E-state index contributed by atoms with van der Waals surface area (Å²) in [7, 11) is 0. The van der Waals surface area contributed by atoms with Gasteiger partial charge in [0.05, 0.1) is 0 Å². The Balaban J connectivity index is 2.42. The van der Waals surface area contributed by atoms with Crippen LogP contribution in [0.15, 0.2) is 30.3 Å². The molecule has 0 spiro atoms. The molecular weight excluding hydrogens is 247 g/mol. The highest BCUT2D eigenvalue weighted by Crippen LogP contribution is 2.26. The van der Waals surface area contributed by atoms with Gasteiger partial charge in [-0.15, -0.1) is 0 Å². The summed E-state index contributed by atoms with van der Waals surface area (Å²) < 4.78 is 18.6. The highest BCUT2D eigenvalue weighted by molar-refractivity contribution is 5.95. The molecule has 1 aromatic heterocycles. The number of hydrogen-bond donors (Lipinski definition) is 1. The van der Waals surface area contributed by atoms with Gasteiger partial charge in [0.1, 0.15) is 17.1 Å². The van der Waals surface area contributed by atoms with Crippen LogP contribution < -0.4 is 10.5 Å². The van der Waals surface area contributed by atoms with Gasteiger partial charge in [0.25, 0.3) is 5.91 Å². The monoisotopic (exact) mass is 260 g/mol. The fourth-order valence-electron chi connectivity index (χ4n) is 1.63. The van der Waals surface area contributed by atoms with E-state index >= 15 is 0 Å². The van der Waals surface area contributed by atoms with Crippen LogP contribution in [0.4, 0.5) is 4.39 Å². The summed E-state index contributed by atoms with van der Waals surface area (Å²) in [6.45, 7) is 3.48. The lowest BCUT2D eigenvalue weighted by atomic mass is 10.2. The van der Waals surface area contributed by atoms with Crippen molar-refractivity contribution in [3.05, 3.63) is 53.0 Å². The summed E-state index contributed by atoms with van der Waals surface area (Å²) in [5, 5.41) is 0. The Morgan fingerprint density at radius 1 is 1.26 bits per heavy atom. The van der Waals surface area contributed by atoms with Gasteiger partial charge in [-0.3, -0.25) is 4.79 Å². The minimum Gasteiger partial charge on any atom is -0.438 e. The van der Waals surface area contributed by atoms with E-state index in [1.54, 1.807) is 26.0 Å². The van der Waals surface area contributed by atoms with Gasteiger partial charge < -0.3 is 10.5 Å². The third-order valence-corrected chi connectivity index (χ3v) is 2.61. The van der Waals surface area contributed by atoms with Crippen molar-refractivity contribution in [3.8, 4) is 11.6 Å². The third-order valence-electron chi connectivity index (χ3n) is 2.61. The van der Waals surface area contributed by atoms with Crippen molar-refractivity contribution in [1.29, 1.82) is 0 Å². The fourth-order valence-corrected chi connectivity index (χ4v) is 1.63. The van der Waals surface area contributed by atoms with Crippen LogP contribution in [0.2, 0.25) is 0 Å². The topological polar surface area (TPSA) is 65.2 Å². The maximum atomic E-state index is 13.0. The Morgan fingerprint density at radius 2 is 2.00 bits per heavy atom. The average Bonchev–Trinajstić information content (AvgIpc) is 2.32. The zero-order chi connectivity index (χ0) is 14.0. The molecule has 0 aliphatic rings. The SMILES string of the molecule is Cc1ccc(C(N)=O)c(Oc2ccc(F)cc2C)n1. The van der Waals surface area contributed by atoms with E-state index in [2.05, 4.69) is 4.98 Å². The molecule has 1 heterocycles. The number of benzene rings is 1. The Morgan fingerprint density at radius 3 is 2.63 bits per heavy atom. The molecule has 2 N–H and O–H groups in total. The molecule has 2 aromatic rings. The molecule has 98 valence electrons. The summed E-state index contributed by atoms with van der Waals surface area (Å²) in [5.74, 6) is -0.413. The first-order valence-corrected chi connectivity index (χ1v) is 5.69. The van der Waals surface area contributed by atoms with E-state index in [4.69, 9.17) is 10.5 Å². The van der Waals surface area contributed by atoms with Crippen LogP contribution in [0.3, 0.4) is 0 Å². The molecule has 0 aliphatic heterocycles. The minimum atomic E-state index is -0.623. The molecule has 19 heavy (non-hydrogen) atoms.